The van der Waals surface area contributed by atoms with E-state index in [-0.39, 0.29) is 0 Å². The summed E-state index contributed by atoms with van der Waals surface area (Å²) in [6.07, 6.45) is 0. The maximum Gasteiger partial charge on any atom is 0.140 e. The van der Waals surface area contributed by atoms with Gasteiger partial charge in [-0.1, -0.05) is 97.2 Å². The van der Waals surface area contributed by atoms with E-state index in [1.165, 1.54) is 38.8 Å². The van der Waals surface area contributed by atoms with Crippen molar-refractivity contribution in [1.29, 1.82) is 0 Å². The van der Waals surface area contributed by atoms with Crippen LogP contribution in [0.15, 0.2) is 66.7 Å². The Morgan fingerprint density at radius 3 is 2.09 bits per heavy atom. The summed E-state index contributed by atoms with van der Waals surface area (Å²) in [6.45, 7) is 6.67. The van der Waals surface area contributed by atoms with Crippen LogP contribution in [0.5, 0.6) is 0 Å². The van der Waals surface area contributed by atoms with E-state index in [1.54, 1.807) is 0 Å². The summed E-state index contributed by atoms with van der Waals surface area (Å²) < 4.78 is 0. The molecule has 0 spiro atoms. The maximum absolute atomic E-state index is 2.26. The van der Waals surface area contributed by atoms with Gasteiger partial charge < -0.3 is 0 Å². The highest BCUT2D eigenvalue weighted by Crippen LogP contribution is 2.32. The third kappa shape index (κ3) is 3.10. The van der Waals surface area contributed by atoms with Crippen LogP contribution in [0.4, 0.5) is 0 Å². The highest BCUT2D eigenvalue weighted by molar-refractivity contribution is 6.37. The van der Waals surface area contributed by atoms with Gasteiger partial charge in [-0.2, -0.15) is 0 Å². The van der Waals surface area contributed by atoms with Crippen molar-refractivity contribution in [2.75, 3.05) is 0 Å². The van der Waals surface area contributed by atoms with Crippen molar-refractivity contribution in [3.8, 4) is 22.3 Å². The summed E-state index contributed by atoms with van der Waals surface area (Å²) in [5.74, 6) is 0.543. The van der Waals surface area contributed by atoms with Crippen LogP contribution in [0.2, 0.25) is 0 Å². The fourth-order valence-corrected chi connectivity index (χ4v) is 3.35. The van der Waals surface area contributed by atoms with Crippen LogP contribution in [-0.2, 0) is 0 Å². The molecule has 1 heteroatoms. The second-order valence-corrected chi connectivity index (χ2v) is 6.59. The average molecular weight is 298 g/mol. The number of hydrogen-bond acceptors (Lipinski definition) is 0. The molecule has 0 aliphatic rings. The summed E-state index contributed by atoms with van der Waals surface area (Å²) in [5, 5.41) is 0. The lowest BCUT2D eigenvalue weighted by molar-refractivity contribution is 0.874. The SMILES string of the molecule is Bc1c(-c2ccccc2-c2cccc(C)c2)cccc1C(C)C. The molecule has 0 fully saturated rings. The molecule has 0 nitrogen and oxygen atoms in total. The summed E-state index contributed by atoms with van der Waals surface area (Å²) >= 11 is 0. The second kappa shape index (κ2) is 6.46. The molecule has 0 aliphatic heterocycles. The van der Waals surface area contributed by atoms with Crippen molar-refractivity contribution in [2.24, 2.45) is 0 Å². The van der Waals surface area contributed by atoms with Crippen LogP contribution in [-0.4, -0.2) is 7.85 Å². The molecular weight excluding hydrogens is 275 g/mol. The minimum atomic E-state index is 0.543. The smallest absolute Gasteiger partial charge is 0.0779 e. The van der Waals surface area contributed by atoms with Crippen LogP contribution >= 0.6 is 0 Å². The fraction of sp³-hybridized carbons (Fsp3) is 0.182. The summed E-state index contributed by atoms with van der Waals surface area (Å²) in [7, 11) is 2.25. The van der Waals surface area contributed by atoms with E-state index in [0.717, 1.165) is 0 Å². The zero-order chi connectivity index (χ0) is 16.4. The van der Waals surface area contributed by atoms with Gasteiger partial charge in [-0.15, -0.1) is 0 Å². The molecule has 114 valence electrons. The molecule has 0 aromatic heterocycles. The predicted molar refractivity (Wildman–Crippen MR) is 104 cm³/mol. The van der Waals surface area contributed by atoms with E-state index in [2.05, 4.69) is 95.3 Å². The largest absolute Gasteiger partial charge is 0.140 e. The Morgan fingerprint density at radius 1 is 0.739 bits per heavy atom. The summed E-state index contributed by atoms with van der Waals surface area (Å²) in [5.41, 5.74) is 9.37. The Hall–Kier alpha value is -2.28. The van der Waals surface area contributed by atoms with Crippen molar-refractivity contribution in [3.05, 3.63) is 77.9 Å². The first-order chi connectivity index (χ1) is 11.1. The van der Waals surface area contributed by atoms with Gasteiger partial charge in [-0.3, -0.25) is 0 Å². The molecule has 0 amide bonds. The van der Waals surface area contributed by atoms with E-state index in [1.807, 2.05) is 0 Å². The first-order valence-electron chi connectivity index (χ1n) is 8.34. The highest BCUT2D eigenvalue weighted by atomic mass is 14.1. The molecule has 0 saturated heterocycles. The monoisotopic (exact) mass is 298 g/mol. The zero-order valence-electron chi connectivity index (χ0n) is 14.4. The lowest BCUT2D eigenvalue weighted by Crippen LogP contribution is -2.15. The van der Waals surface area contributed by atoms with Gasteiger partial charge in [0.25, 0.3) is 0 Å². The topological polar surface area (TPSA) is 0 Å². The quantitative estimate of drug-likeness (QED) is 0.614. The van der Waals surface area contributed by atoms with Crippen molar-refractivity contribution >= 4 is 13.3 Å². The molecule has 0 heterocycles. The third-order valence-electron chi connectivity index (χ3n) is 4.54. The van der Waals surface area contributed by atoms with Crippen LogP contribution in [0, 0.1) is 6.92 Å². The number of aryl methyl sites for hydroxylation is 1. The molecule has 0 saturated carbocycles. The van der Waals surface area contributed by atoms with E-state index < -0.39 is 0 Å². The standard InChI is InChI=1S/C22H23B/c1-15(2)18-12-7-13-21(22(18)23)20-11-5-4-10-19(20)17-9-6-8-16(3)14-17/h4-15H,23H2,1-3H3. The number of hydrogen-bond donors (Lipinski definition) is 0. The Bertz CT molecular complexity index is 831. The molecule has 3 aromatic carbocycles. The number of rotatable bonds is 3. The van der Waals surface area contributed by atoms with Crippen LogP contribution in [0.3, 0.4) is 0 Å². The van der Waals surface area contributed by atoms with Gasteiger partial charge in [0, 0.05) is 0 Å². The molecule has 0 aliphatic carbocycles. The fourth-order valence-electron chi connectivity index (χ4n) is 3.35. The average Bonchev–Trinajstić information content (AvgIpc) is 2.55. The minimum absolute atomic E-state index is 0.543. The molecular formula is C22H23B. The first kappa shape index (κ1) is 15.6. The summed E-state index contributed by atoms with van der Waals surface area (Å²) in [6, 6.07) is 24.2. The van der Waals surface area contributed by atoms with Crippen LogP contribution in [0.1, 0.15) is 30.9 Å². The maximum atomic E-state index is 2.26. The highest BCUT2D eigenvalue weighted by Gasteiger charge is 2.12. The molecule has 0 unspecified atom stereocenters. The predicted octanol–water partition coefficient (Wildman–Crippen LogP) is 4.71. The van der Waals surface area contributed by atoms with Crippen molar-refractivity contribution in [2.45, 2.75) is 26.7 Å². The van der Waals surface area contributed by atoms with Gasteiger partial charge in [0.2, 0.25) is 0 Å². The van der Waals surface area contributed by atoms with Gasteiger partial charge in [-0.05, 0) is 35.1 Å². The third-order valence-corrected chi connectivity index (χ3v) is 4.54. The molecule has 23 heavy (non-hydrogen) atoms. The molecule has 3 rings (SSSR count). The van der Waals surface area contributed by atoms with E-state index in [0.29, 0.717) is 5.92 Å². The van der Waals surface area contributed by atoms with E-state index >= 15 is 0 Å². The molecule has 0 atom stereocenters. The van der Waals surface area contributed by atoms with Crippen molar-refractivity contribution < 1.29 is 0 Å². The zero-order valence-corrected chi connectivity index (χ0v) is 14.4. The normalized spacial score (nSPS) is 11.0. The molecule has 0 bridgehead atoms. The Balaban J connectivity index is 2.21. The number of benzene rings is 3. The van der Waals surface area contributed by atoms with Crippen LogP contribution in [0.25, 0.3) is 22.3 Å². The molecule has 0 radical (unpaired) electrons. The minimum Gasteiger partial charge on any atom is -0.0779 e. The lowest BCUT2D eigenvalue weighted by Gasteiger charge is -2.17. The Morgan fingerprint density at radius 2 is 1.39 bits per heavy atom. The van der Waals surface area contributed by atoms with Crippen molar-refractivity contribution in [1.82, 2.24) is 0 Å². The molecule has 3 aromatic rings. The molecule has 0 N–H and O–H groups in total. The van der Waals surface area contributed by atoms with Crippen molar-refractivity contribution in [3.63, 3.8) is 0 Å². The summed E-state index contributed by atoms with van der Waals surface area (Å²) in [4.78, 5) is 0. The van der Waals surface area contributed by atoms with Gasteiger partial charge in [0.15, 0.2) is 0 Å². The van der Waals surface area contributed by atoms with Gasteiger partial charge >= 0.3 is 0 Å². The van der Waals surface area contributed by atoms with E-state index in [9.17, 15) is 0 Å². The van der Waals surface area contributed by atoms with Crippen LogP contribution < -0.4 is 5.46 Å². The van der Waals surface area contributed by atoms with Gasteiger partial charge in [0.05, 0.1) is 0 Å². The van der Waals surface area contributed by atoms with E-state index in [4.69, 9.17) is 0 Å². The van der Waals surface area contributed by atoms with Gasteiger partial charge in [0.1, 0.15) is 7.85 Å². The Labute approximate surface area is 140 Å². The second-order valence-electron chi connectivity index (χ2n) is 6.59. The first-order valence-corrected chi connectivity index (χ1v) is 8.34. The van der Waals surface area contributed by atoms with Gasteiger partial charge in [-0.25, -0.2) is 0 Å². The Kier molecular flexibility index (Phi) is 4.38. The lowest BCUT2D eigenvalue weighted by atomic mass is 9.78.